The van der Waals surface area contributed by atoms with E-state index in [1.54, 1.807) is 18.5 Å². The van der Waals surface area contributed by atoms with Crippen LogP contribution in [-0.4, -0.2) is 31.8 Å². The van der Waals surface area contributed by atoms with E-state index < -0.39 is 5.97 Å². The van der Waals surface area contributed by atoms with Crippen LogP contribution in [0.5, 0.6) is 0 Å². The molecule has 3 aromatic rings. The van der Waals surface area contributed by atoms with Gasteiger partial charge in [0.2, 0.25) is 5.28 Å². The molecule has 2 heterocycles. The van der Waals surface area contributed by atoms with E-state index in [1.807, 2.05) is 24.4 Å². The normalized spacial score (nSPS) is 12.2. The van der Waals surface area contributed by atoms with Gasteiger partial charge in [-0.1, -0.05) is 24.3 Å². The molecule has 1 aliphatic rings. The number of ether oxygens (including phenoxy) is 1. The summed E-state index contributed by atoms with van der Waals surface area (Å²) in [5.41, 5.74) is 4.55. The van der Waals surface area contributed by atoms with Crippen molar-refractivity contribution >= 4 is 17.6 Å². The molecule has 2 aromatic heterocycles. The fourth-order valence-corrected chi connectivity index (χ4v) is 3.06. The Bertz CT molecular complexity index is 981. The van der Waals surface area contributed by atoms with Gasteiger partial charge in [0, 0.05) is 29.9 Å². The van der Waals surface area contributed by atoms with Gasteiger partial charge in [0.15, 0.2) is 5.82 Å². The lowest BCUT2D eigenvalue weighted by Gasteiger charge is -2.11. The number of hydrogen-bond donors (Lipinski definition) is 0. The second kappa shape index (κ2) is 5.97. The van der Waals surface area contributed by atoms with Crippen molar-refractivity contribution in [3.05, 3.63) is 58.6 Å². The van der Waals surface area contributed by atoms with Crippen molar-refractivity contribution in [3.63, 3.8) is 0 Å². The third kappa shape index (κ3) is 2.78. The Balaban J connectivity index is 1.80. The monoisotopic (exact) mass is 354 g/mol. The number of benzene rings is 1. The van der Waals surface area contributed by atoms with Crippen molar-refractivity contribution in [3.8, 4) is 17.1 Å². The number of aromatic nitrogens is 4. The lowest BCUT2D eigenvalue weighted by atomic mass is 10.1. The van der Waals surface area contributed by atoms with Gasteiger partial charge in [0.1, 0.15) is 5.56 Å². The third-order valence-electron chi connectivity index (χ3n) is 3.96. The Kier molecular flexibility index (Phi) is 3.77. The smallest absolute Gasteiger partial charge is 0.343 e. The third-order valence-corrected chi connectivity index (χ3v) is 4.14. The molecule has 126 valence electrons. The molecule has 0 unspecified atom stereocenters. The lowest BCUT2D eigenvalue weighted by molar-refractivity contribution is 0.0376. The number of nitrogens with zero attached hydrogens (tertiary/aromatic N) is 4. The molecule has 0 saturated carbocycles. The van der Waals surface area contributed by atoms with Crippen molar-refractivity contribution < 1.29 is 9.53 Å². The first kappa shape index (κ1) is 15.8. The predicted molar refractivity (Wildman–Crippen MR) is 93.0 cm³/mol. The van der Waals surface area contributed by atoms with Crippen LogP contribution in [0, 0.1) is 0 Å². The van der Waals surface area contributed by atoms with Gasteiger partial charge in [-0.15, -0.1) is 0 Å². The second-order valence-corrected chi connectivity index (χ2v) is 6.45. The lowest BCUT2D eigenvalue weighted by Crippen LogP contribution is -2.16. The quantitative estimate of drug-likeness (QED) is 0.416. The molecular formula is C18H15ClN4O2. The molecule has 25 heavy (non-hydrogen) atoms. The second-order valence-electron chi connectivity index (χ2n) is 6.11. The standard InChI is InChI=1S/C18H15ClN4O2/c1-10(2)25-17(24)14-8-20-18(19)21-16(14)23-9-12-7-11-5-3-4-6-13(11)15(12)22-23/h3-6,8-10H,7H2,1-2H3. The molecule has 1 aliphatic carbocycles. The number of halogens is 1. The Labute approximate surface area is 149 Å². The number of carbonyl (C=O) groups is 1. The van der Waals surface area contributed by atoms with E-state index >= 15 is 0 Å². The zero-order chi connectivity index (χ0) is 17.6. The van der Waals surface area contributed by atoms with E-state index in [2.05, 4.69) is 21.1 Å². The number of fused-ring (bicyclic) bond motifs is 3. The van der Waals surface area contributed by atoms with Crippen LogP contribution in [0.25, 0.3) is 17.1 Å². The Morgan fingerprint density at radius 3 is 2.88 bits per heavy atom. The fraction of sp³-hybridized carbons (Fsp3) is 0.222. The highest BCUT2D eigenvalue weighted by Crippen LogP contribution is 2.35. The fourth-order valence-electron chi connectivity index (χ4n) is 2.93. The maximum absolute atomic E-state index is 12.3. The molecule has 1 aromatic carbocycles. The summed E-state index contributed by atoms with van der Waals surface area (Å²) in [6.45, 7) is 3.57. The average molecular weight is 355 g/mol. The molecule has 7 heteroatoms. The van der Waals surface area contributed by atoms with Crippen LogP contribution in [0.4, 0.5) is 0 Å². The molecule has 0 atom stereocenters. The molecule has 0 fully saturated rings. The van der Waals surface area contributed by atoms with Crippen LogP contribution in [0.15, 0.2) is 36.7 Å². The van der Waals surface area contributed by atoms with Crippen molar-refractivity contribution in [2.75, 3.05) is 0 Å². The van der Waals surface area contributed by atoms with Crippen LogP contribution < -0.4 is 0 Å². The molecule has 0 radical (unpaired) electrons. The molecule has 0 spiro atoms. The summed E-state index contributed by atoms with van der Waals surface area (Å²) in [7, 11) is 0. The summed E-state index contributed by atoms with van der Waals surface area (Å²) < 4.78 is 6.84. The van der Waals surface area contributed by atoms with Gasteiger partial charge in [-0.2, -0.15) is 10.1 Å². The summed E-state index contributed by atoms with van der Waals surface area (Å²) in [5, 5.41) is 4.67. The minimum atomic E-state index is -0.502. The largest absolute Gasteiger partial charge is 0.459 e. The molecular weight excluding hydrogens is 340 g/mol. The summed E-state index contributed by atoms with van der Waals surface area (Å²) in [5.74, 6) is -0.185. The van der Waals surface area contributed by atoms with Crippen molar-refractivity contribution in [1.29, 1.82) is 0 Å². The van der Waals surface area contributed by atoms with Crippen LogP contribution >= 0.6 is 11.6 Å². The molecule has 0 N–H and O–H groups in total. The highest BCUT2D eigenvalue weighted by atomic mass is 35.5. The van der Waals surface area contributed by atoms with Crippen molar-refractivity contribution in [2.24, 2.45) is 0 Å². The van der Waals surface area contributed by atoms with Crippen LogP contribution in [0.2, 0.25) is 5.28 Å². The number of esters is 1. The number of carbonyl (C=O) groups excluding carboxylic acids is 1. The van der Waals surface area contributed by atoms with E-state index in [9.17, 15) is 4.79 Å². The first-order valence-electron chi connectivity index (χ1n) is 7.93. The number of rotatable bonds is 3. The summed E-state index contributed by atoms with van der Waals surface area (Å²) >= 11 is 5.94. The van der Waals surface area contributed by atoms with E-state index in [1.165, 1.54) is 11.8 Å². The van der Waals surface area contributed by atoms with Gasteiger partial charge < -0.3 is 4.74 Å². The minimum Gasteiger partial charge on any atom is -0.459 e. The highest BCUT2D eigenvalue weighted by Gasteiger charge is 2.25. The topological polar surface area (TPSA) is 69.9 Å². The maximum atomic E-state index is 12.3. The average Bonchev–Trinajstić information content (AvgIpc) is 3.11. The SMILES string of the molecule is CC(C)OC(=O)c1cnc(Cl)nc1-n1cc2c(n1)-c1ccccc1C2. The van der Waals surface area contributed by atoms with Gasteiger partial charge in [0.05, 0.1) is 11.8 Å². The van der Waals surface area contributed by atoms with E-state index in [0.717, 1.165) is 23.2 Å². The molecule has 0 saturated heterocycles. The first-order valence-corrected chi connectivity index (χ1v) is 8.31. The molecule has 4 rings (SSSR count). The van der Waals surface area contributed by atoms with Crippen LogP contribution in [-0.2, 0) is 11.2 Å². The van der Waals surface area contributed by atoms with Crippen molar-refractivity contribution in [1.82, 2.24) is 19.7 Å². The summed E-state index contributed by atoms with van der Waals surface area (Å²) in [6, 6.07) is 8.14. The molecule has 0 bridgehead atoms. The Hall–Kier alpha value is -2.73. The van der Waals surface area contributed by atoms with E-state index in [4.69, 9.17) is 16.3 Å². The summed E-state index contributed by atoms with van der Waals surface area (Å²) in [4.78, 5) is 20.4. The molecule has 0 amide bonds. The highest BCUT2D eigenvalue weighted by molar-refractivity contribution is 6.28. The van der Waals surface area contributed by atoms with Gasteiger partial charge >= 0.3 is 5.97 Å². The van der Waals surface area contributed by atoms with E-state index in [0.29, 0.717) is 5.82 Å². The van der Waals surface area contributed by atoms with E-state index in [-0.39, 0.29) is 17.0 Å². The zero-order valence-corrected chi connectivity index (χ0v) is 14.5. The molecule has 0 aliphatic heterocycles. The Morgan fingerprint density at radius 2 is 2.08 bits per heavy atom. The van der Waals surface area contributed by atoms with Crippen molar-refractivity contribution in [2.45, 2.75) is 26.4 Å². The minimum absolute atomic E-state index is 0.0483. The predicted octanol–water partition coefficient (Wildman–Crippen LogP) is 3.45. The van der Waals surface area contributed by atoms with Gasteiger partial charge in [-0.25, -0.2) is 14.5 Å². The molecule has 6 nitrogen and oxygen atoms in total. The first-order chi connectivity index (χ1) is 12.0. The van der Waals surface area contributed by atoms with Gasteiger partial charge in [-0.3, -0.25) is 0 Å². The summed E-state index contributed by atoms with van der Waals surface area (Å²) in [6.07, 6.45) is 3.80. The van der Waals surface area contributed by atoms with Crippen LogP contribution in [0.1, 0.15) is 35.3 Å². The van der Waals surface area contributed by atoms with Gasteiger partial charge in [-0.05, 0) is 31.0 Å². The number of hydrogen-bond acceptors (Lipinski definition) is 5. The zero-order valence-electron chi connectivity index (χ0n) is 13.7. The maximum Gasteiger partial charge on any atom is 0.343 e. The Morgan fingerprint density at radius 1 is 1.28 bits per heavy atom. The van der Waals surface area contributed by atoms with Gasteiger partial charge in [0.25, 0.3) is 0 Å². The van der Waals surface area contributed by atoms with Crippen LogP contribution in [0.3, 0.4) is 0 Å².